The molecule has 0 aliphatic rings. The maximum atomic E-state index is 11.8. The first-order valence-corrected chi connectivity index (χ1v) is 13.4. The van der Waals surface area contributed by atoms with Gasteiger partial charge in [0.25, 0.3) is 0 Å². The second kappa shape index (κ2) is 12.7. The molecule has 0 radical (unpaired) electrons. The van der Waals surface area contributed by atoms with E-state index in [2.05, 4.69) is 44.5 Å². The fourth-order valence-electron chi connectivity index (χ4n) is 2.48. The van der Waals surface area contributed by atoms with Crippen LogP contribution in [0.15, 0.2) is 30.3 Å². The van der Waals surface area contributed by atoms with Gasteiger partial charge in [-0.1, -0.05) is 51.1 Å². The molecule has 1 unspecified atom stereocenters. The second-order valence-electron chi connectivity index (χ2n) is 8.81. The molecule has 0 saturated heterocycles. The molecule has 7 nitrogen and oxygen atoms in total. The Balaban J connectivity index is 2.30. The fraction of sp³-hybridized carbons (Fsp3) is 0.636. The molecule has 0 fully saturated rings. The van der Waals surface area contributed by atoms with Crippen LogP contribution in [-0.2, 0) is 25.3 Å². The van der Waals surface area contributed by atoms with Gasteiger partial charge in [0.05, 0.1) is 19.6 Å². The number of carbonyl (C=O) groups is 2. The maximum Gasteiger partial charge on any atom is 0.407 e. The zero-order chi connectivity index (χ0) is 22.6. The highest BCUT2D eigenvalue weighted by atomic mass is 28.4. The van der Waals surface area contributed by atoms with Gasteiger partial charge in [0.1, 0.15) is 6.61 Å². The summed E-state index contributed by atoms with van der Waals surface area (Å²) in [5.41, 5.74) is 0.948. The van der Waals surface area contributed by atoms with Crippen molar-refractivity contribution < 1.29 is 23.5 Å². The van der Waals surface area contributed by atoms with Crippen molar-refractivity contribution >= 4 is 20.4 Å². The van der Waals surface area contributed by atoms with E-state index in [1.165, 1.54) is 7.11 Å². The summed E-state index contributed by atoms with van der Waals surface area (Å²) < 4.78 is 16.4. The van der Waals surface area contributed by atoms with Crippen LogP contribution in [0, 0.1) is 0 Å². The lowest BCUT2D eigenvalue weighted by atomic mass is 10.2. The molecule has 0 bridgehead atoms. The van der Waals surface area contributed by atoms with Crippen LogP contribution in [0.25, 0.3) is 0 Å². The number of amides is 1. The molecule has 0 heterocycles. The first kappa shape index (κ1) is 26.1. The number of carbonyl (C=O) groups excluding carboxylic acids is 2. The van der Waals surface area contributed by atoms with Gasteiger partial charge in [-0.25, -0.2) is 4.79 Å². The van der Waals surface area contributed by atoms with Gasteiger partial charge < -0.3 is 24.5 Å². The van der Waals surface area contributed by atoms with E-state index in [1.54, 1.807) is 0 Å². The maximum absolute atomic E-state index is 11.8. The van der Waals surface area contributed by atoms with E-state index < -0.39 is 14.4 Å². The van der Waals surface area contributed by atoms with Gasteiger partial charge in [0.15, 0.2) is 8.32 Å². The molecule has 1 amide bonds. The third-order valence-electron chi connectivity index (χ3n) is 5.32. The average molecular weight is 439 g/mol. The highest BCUT2D eigenvalue weighted by Crippen LogP contribution is 2.38. The number of methoxy groups -OCH3 is 1. The Kier molecular flexibility index (Phi) is 11.1. The molecule has 0 spiro atoms. The SMILES string of the molecule is COC(=O)CC(CCNCCNC(=O)OCc1ccccc1)O[Si](C)(C)C(C)(C)C. The number of nitrogens with one attached hydrogen (secondary N) is 2. The molecule has 1 atom stereocenters. The van der Waals surface area contributed by atoms with E-state index in [-0.39, 0.29) is 30.1 Å². The highest BCUT2D eigenvalue weighted by Gasteiger charge is 2.39. The zero-order valence-electron chi connectivity index (χ0n) is 19.2. The predicted molar refractivity (Wildman–Crippen MR) is 121 cm³/mol. The topological polar surface area (TPSA) is 85.9 Å². The number of benzene rings is 1. The normalized spacial score (nSPS) is 12.9. The van der Waals surface area contributed by atoms with E-state index in [4.69, 9.17) is 13.9 Å². The Labute approximate surface area is 182 Å². The summed E-state index contributed by atoms with van der Waals surface area (Å²) in [7, 11) is -0.589. The van der Waals surface area contributed by atoms with Crippen molar-refractivity contribution in [2.45, 2.75) is 64.5 Å². The molecule has 1 rings (SSSR count). The predicted octanol–water partition coefficient (Wildman–Crippen LogP) is 3.85. The fourth-order valence-corrected chi connectivity index (χ4v) is 3.87. The Bertz CT molecular complexity index is 647. The summed E-state index contributed by atoms with van der Waals surface area (Å²) >= 11 is 0. The number of hydrogen-bond acceptors (Lipinski definition) is 6. The van der Waals surface area contributed by atoms with E-state index in [1.807, 2.05) is 30.3 Å². The van der Waals surface area contributed by atoms with Crippen LogP contribution in [0.5, 0.6) is 0 Å². The summed E-state index contributed by atoms with van der Waals surface area (Å²) in [6.45, 7) is 12.9. The molecule has 0 aliphatic carbocycles. The van der Waals surface area contributed by atoms with Gasteiger partial charge in [-0.15, -0.1) is 0 Å². The standard InChI is InChI=1S/C22H38N2O5Si/c1-22(2,3)30(5,6)29-19(16-20(25)27-4)12-13-23-14-15-24-21(26)28-17-18-10-8-7-9-11-18/h7-11,19,23H,12-17H2,1-6H3,(H,24,26). The molecule has 0 saturated carbocycles. The molecule has 0 aromatic heterocycles. The number of rotatable bonds is 12. The Morgan fingerprint density at radius 3 is 2.33 bits per heavy atom. The monoisotopic (exact) mass is 438 g/mol. The average Bonchev–Trinajstić information content (AvgIpc) is 2.68. The van der Waals surface area contributed by atoms with Gasteiger partial charge in [-0.2, -0.15) is 0 Å². The third-order valence-corrected chi connectivity index (χ3v) is 9.85. The molecule has 8 heteroatoms. The van der Waals surface area contributed by atoms with Crippen molar-refractivity contribution in [2.75, 3.05) is 26.7 Å². The molecule has 2 N–H and O–H groups in total. The molecule has 1 aromatic carbocycles. The van der Waals surface area contributed by atoms with Crippen LogP contribution in [0.4, 0.5) is 4.79 Å². The zero-order valence-corrected chi connectivity index (χ0v) is 20.2. The van der Waals surface area contributed by atoms with Crippen LogP contribution in [0.2, 0.25) is 18.1 Å². The number of alkyl carbamates (subject to hydrolysis) is 1. The quantitative estimate of drug-likeness (QED) is 0.293. The van der Waals surface area contributed by atoms with E-state index >= 15 is 0 Å². The Hall–Kier alpha value is -1.90. The van der Waals surface area contributed by atoms with Crippen molar-refractivity contribution in [2.24, 2.45) is 0 Å². The van der Waals surface area contributed by atoms with Crippen LogP contribution >= 0.6 is 0 Å². The third kappa shape index (κ3) is 10.2. The van der Waals surface area contributed by atoms with Crippen LogP contribution in [-0.4, -0.2) is 53.2 Å². The summed E-state index contributed by atoms with van der Waals surface area (Å²) in [4.78, 5) is 23.5. The minimum atomic E-state index is -1.98. The van der Waals surface area contributed by atoms with Crippen LogP contribution in [0.3, 0.4) is 0 Å². The van der Waals surface area contributed by atoms with Crippen LogP contribution in [0.1, 0.15) is 39.2 Å². The Morgan fingerprint density at radius 1 is 1.07 bits per heavy atom. The smallest absolute Gasteiger partial charge is 0.407 e. The van der Waals surface area contributed by atoms with Crippen molar-refractivity contribution in [1.29, 1.82) is 0 Å². The highest BCUT2D eigenvalue weighted by molar-refractivity contribution is 6.74. The molecular formula is C22H38N2O5Si. The van der Waals surface area contributed by atoms with Gasteiger partial charge in [-0.3, -0.25) is 4.79 Å². The minimum absolute atomic E-state index is 0.0683. The molecule has 0 aliphatic heterocycles. The Morgan fingerprint density at radius 2 is 1.73 bits per heavy atom. The number of ether oxygens (including phenoxy) is 2. The molecule has 1 aromatic rings. The van der Waals surface area contributed by atoms with Gasteiger partial charge >= 0.3 is 12.1 Å². The van der Waals surface area contributed by atoms with Crippen molar-refractivity contribution in [3.63, 3.8) is 0 Å². The van der Waals surface area contributed by atoms with E-state index in [0.29, 0.717) is 26.1 Å². The van der Waals surface area contributed by atoms with E-state index in [0.717, 1.165) is 5.56 Å². The minimum Gasteiger partial charge on any atom is -0.469 e. The van der Waals surface area contributed by atoms with Gasteiger partial charge in [-0.05, 0) is 36.7 Å². The molecule has 30 heavy (non-hydrogen) atoms. The summed E-state index contributed by atoms with van der Waals surface area (Å²) in [5.74, 6) is -0.262. The van der Waals surface area contributed by atoms with Crippen LogP contribution < -0.4 is 10.6 Å². The summed E-state index contributed by atoms with van der Waals surface area (Å²) in [6, 6.07) is 9.55. The summed E-state index contributed by atoms with van der Waals surface area (Å²) in [5, 5.41) is 6.06. The van der Waals surface area contributed by atoms with Crippen molar-refractivity contribution in [1.82, 2.24) is 10.6 Å². The lowest BCUT2D eigenvalue weighted by Crippen LogP contribution is -2.45. The van der Waals surface area contributed by atoms with E-state index in [9.17, 15) is 9.59 Å². The largest absolute Gasteiger partial charge is 0.469 e. The lowest BCUT2D eigenvalue weighted by Gasteiger charge is -2.39. The first-order chi connectivity index (χ1) is 14.0. The second-order valence-corrected chi connectivity index (χ2v) is 13.6. The molecule has 170 valence electrons. The van der Waals surface area contributed by atoms with Crippen molar-refractivity contribution in [3.05, 3.63) is 35.9 Å². The summed E-state index contributed by atoms with van der Waals surface area (Å²) in [6.07, 6.45) is 0.314. The van der Waals surface area contributed by atoms with Gasteiger partial charge in [0, 0.05) is 13.1 Å². The number of hydrogen-bond donors (Lipinski definition) is 2. The van der Waals surface area contributed by atoms with Crippen molar-refractivity contribution in [3.8, 4) is 0 Å². The number of esters is 1. The first-order valence-electron chi connectivity index (χ1n) is 10.4. The molecular weight excluding hydrogens is 400 g/mol. The van der Waals surface area contributed by atoms with Gasteiger partial charge in [0.2, 0.25) is 0 Å². The lowest BCUT2D eigenvalue weighted by molar-refractivity contribution is -0.142.